The lowest BCUT2D eigenvalue weighted by Crippen LogP contribution is -2.26. The molecule has 0 amide bonds. The van der Waals surface area contributed by atoms with Crippen molar-refractivity contribution in [2.24, 2.45) is 5.92 Å². The van der Waals surface area contributed by atoms with Crippen LogP contribution in [0.1, 0.15) is 12.8 Å². The number of aromatic nitrogens is 1. The molecule has 1 fully saturated rings. The van der Waals surface area contributed by atoms with E-state index in [1.54, 1.807) is 22.6 Å². The molecule has 2 aromatic rings. The molecule has 1 N–H and O–H groups in total. The summed E-state index contributed by atoms with van der Waals surface area (Å²) in [7, 11) is -1.20. The van der Waals surface area contributed by atoms with Crippen molar-refractivity contribution in [1.29, 1.82) is 4.78 Å². The quantitative estimate of drug-likeness (QED) is 0.851. The molecule has 1 aliphatic heterocycles. The molecule has 136 valence electrons. The van der Waals surface area contributed by atoms with Crippen LogP contribution in [0.25, 0.3) is 10.9 Å². The number of benzene rings is 1. The molecule has 0 radical (unpaired) electrons. The van der Waals surface area contributed by atoms with E-state index in [2.05, 4.69) is 4.98 Å². The van der Waals surface area contributed by atoms with Crippen LogP contribution >= 0.6 is 0 Å². The summed E-state index contributed by atoms with van der Waals surface area (Å²) in [5.74, 6) is 0.645. The minimum absolute atomic E-state index is 0.154. The normalized spacial score (nSPS) is 20.5. The van der Waals surface area contributed by atoms with Crippen molar-refractivity contribution in [2.75, 3.05) is 33.1 Å². The number of methoxy groups -OCH3 is 1. The first-order valence-corrected chi connectivity index (χ1v) is 10.0. The molecular formula is C17H22FN3O3S. The molecule has 1 saturated heterocycles. The Bertz CT molecular complexity index is 873. The van der Waals surface area contributed by atoms with Gasteiger partial charge in [0.2, 0.25) is 0 Å². The third kappa shape index (κ3) is 4.01. The van der Waals surface area contributed by atoms with Crippen LogP contribution in [-0.4, -0.2) is 46.6 Å². The number of nitrogens with zero attached hydrogens (tertiary/aromatic N) is 2. The van der Waals surface area contributed by atoms with Crippen LogP contribution in [0.2, 0.25) is 0 Å². The highest BCUT2D eigenvalue weighted by Gasteiger charge is 2.26. The predicted molar refractivity (Wildman–Crippen MR) is 94.8 cm³/mol. The van der Waals surface area contributed by atoms with Crippen LogP contribution in [0.15, 0.2) is 24.4 Å². The molecule has 0 bridgehead atoms. The third-order valence-electron chi connectivity index (χ3n) is 4.50. The molecule has 2 heterocycles. The van der Waals surface area contributed by atoms with Crippen molar-refractivity contribution in [2.45, 2.75) is 12.8 Å². The molecule has 0 aliphatic carbocycles. The van der Waals surface area contributed by atoms with E-state index in [4.69, 9.17) is 14.3 Å². The summed E-state index contributed by atoms with van der Waals surface area (Å²) in [4.78, 5) is 4.23. The Hall–Kier alpha value is -1.93. The van der Waals surface area contributed by atoms with E-state index < -0.39 is 15.7 Å². The second-order valence-corrected chi connectivity index (χ2v) is 8.42. The summed E-state index contributed by atoms with van der Waals surface area (Å²) >= 11 is 0. The highest BCUT2D eigenvalue weighted by atomic mass is 32.2. The lowest BCUT2D eigenvalue weighted by Gasteiger charge is -2.16. The molecule has 1 aliphatic rings. The van der Waals surface area contributed by atoms with Crippen molar-refractivity contribution in [3.8, 4) is 11.5 Å². The summed E-state index contributed by atoms with van der Waals surface area (Å²) in [6.07, 6.45) is 4.79. The van der Waals surface area contributed by atoms with Gasteiger partial charge in [-0.05, 0) is 30.9 Å². The predicted octanol–water partition coefficient (Wildman–Crippen LogP) is 3.06. The SMILES string of the molecule is COc1cc2nccc(OCC[C@H]3CCN(S(C)(=N)=O)C3)c2cc1F. The third-order valence-corrected chi connectivity index (χ3v) is 5.82. The van der Waals surface area contributed by atoms with E-state index in [1.807, 2.05) is 0 Å². The number of nitrogens with one attached hydrogen (secondary N) is 1. The molecule has 25 heavy (non-hydrogen) atoms. The minimum Gasteiger partial charge on any atom is -0.494 e. The zero-order chi connectivity index (χ0) is 18.0. The number of pyridine rings is 1. The van der Waals surface area contributed by atoms with Crippen LogP contribution in [0.4, 0.5) is 4.39 Å². The van der Waals surface area contributed by atoms with Gasteiger partial charge in [-0.25, -0.2) is 17.7 Å². The molecule has 6 nitrogen and oxygen atoms in total. The number of hydrogen-bond acceptors (Lipinski definition) is 5. The lowest BCUT2D eigenvalue weighted by molar-refractivity contribution is 0.283. The molecule has 8 heteroatoms. The van der Waals surface area contributed by atoms with Gasteiger partial charge in [-0.1, -0.05) is 0 Å². The lowest BCUT2D eigenvalue weighted by atomic mass is 10.1. The van der Waals surface area contributed by atoms with Gasteiger partial charge in [0.1, 0.15) is 15.7 Å². The summed E-state index contributed by atoms with van der Waals surface area (Å²) in [5.41, 5.74) is 0.614. The maximum atomic E-state index is 14.0. The zero-order valence-electron chi connectivity index (χ0n) is 14.3. The largest absolute Gasteiger partial charge is 0.494 e. The number of halogens is 1. The summed E-state index contributed by atoms with van der Waals surface area (Å²) in [6, 6.07) is 4.65. The van der Waals surface area contributed by atoms with Gasteiger partial charge < -0.3 is 9.47 Å². The Balaban J connectivity index is 1.65. The average Bonchev–Trinajstić information content (AvgIpc) is 3.04. The Morgan fingerprint density at radius 2 is 2.24 bits per heavy atom. The standard InChI is InChI=1S/C17H22FN3O3S/c1-23-17-10-15-13(9-14(17)18)16(3-6-20-15)24-8-5-12-4-7-21(11-12)25(2,19)22/h3,6,9-10,12,19H,4-5,7-8,11H2,1-2H3/t12-,25?/m1/s1. The van der Waals surface area contributed by atoms with Crippen molar-refractivity contribution in [3.63, 3.8) is 0 Å². The first kappa shape index (κ1) is 17.9. The first-order chi connectivity index (χ1) is 11.9. The van der Waals surface area contributed by atoms with Crippen molar-refractivity contribution in [1.82, 2.24) is 9.29 Å². The summed E-state index contributed by atoms with van der Waals surface area (Å²) in [5, 5.41) is 0.608. The van der Waals surface area contributed by atoms with E-state index in [0.717, 1.165) is 12.8 Å². The molecule has 3 rings (SSSR count). The maximum absolute atomic E-state index is 14.0. The van der Waals surface area contributed by atoms with Crippen LogP contribution in [0, 0.1) is 16.5 Å². The van der Waals surface area contributed by atoms with Gasteiger partial charge in [-0.3, -0.25) is 4.98 Å². The van der Waals surface area contributed by atoms with Gasteiger partial charge in [0.25, 0.3) is 0 Å². The summed E-state index contributed by atoms with van der Waals surface area (Å²) in [6.45, 7) is 1.83. The van der Waals surface area contributed by atoms with Crippen LogP contribution in [-0.2, 0) is 9.92 Å². The summed E-state index contributed by atoms with van der Waals surface area (Å²) < 4.78 is 45.9. The van der Waals surface area contributed by atoms with E-state index in [1.165, 1.54) is 19.4 Å². The maximum Gasteiger partial charge on any atom is 0.165 e. The Morgan fingerprint density at radius 1 is 1.44 bits per heavy atom. The Morgan fingerprint density at radius 3 is 2.92 bits per heavy atom. The highest BCUT2D eigenvalue weighted by molar-refractivity contribution is 7.89. The Kier molecular flexibility index (Phi) is 5.10. The number of hydrogen-bond donors (Lipinski definition) is 1. The van der Waals surface area contributed by atoms with Gasteiger partial charge in [-0.15, -0.1) is 0 Å². The number of fused-ring (bicyclic) bond motifs is 1. The van der Waals surface area contributed by atoms with Gasteiger partial charge in [0, 0.05) is 37.0 Å². The van der Waals surface area contributed by atoms with E-state index in [9.17, 15) is 8.60 Å². The molecular weight excluding hydrogens is 345 g/mol. The van der Waals surface area contributed by atoms with Gasteiger partial charge in [-0.2, -0.15) is 0 Å². The smallest absolute Gasteiger partial charge is 0.165 e. The average molecular weight is 367 g/mol. The molecule has 1 unspecified atom stereocenters. The van der Waals surface area contributed by atoms with Gasteiger partial charge >= 0.3 is 0 Å². The highest BCUT2D eigenvalue weighted by Crippen LogP contribution is 2.30. The molecule has 1 aromatic carbocycles. The molecule has 2 atom stereocenters. The molecule has 0 spiro atoms. The fourth-order valence-electron chi connectivity index (χ4n) is 3.09. The first-order valence-electron chi connectivity index (χ1n) is 8.12. The van der Waals surface area contributed by atoms with Crippen molar-refractivity contribution in [3.05, 3.63) is 30.2 Å². The van der Waals surface area contributed by atoms with Crippen molar-refractivity contribution < 1.29 is 18.1 Å². The van der Waals surface area contributed by atoms with E-state index >= 15 is 0 Å². The van der Waals surface area contributed by atoms with E-state index in [0.29, 0.717) is 42.3 Å². The van der Waals surface area contributed by atoms with E-state index in [-0.39, 0.29) is 5.75 Å². The monoisotopic (exact) mass is 367 g/mol. The van der Waals surface area contributed by atoms with Crippen LogP contribution in [0.3, 0.4) is 0 Å². The fourth-order valence-corrected chi connectivity index (χ4v) is 4.04. The second-order valence-electron chi connectivity index (χ2n) is 6.30. The van der Waals surface area contributed by atoms with Gasteiger partial charge in [0.05, 0.1) is 19.2 Å². The zero-order valence-corrected chi connectivity index (χ0v) is 15.1. The molecule has 1 aromatic heterocycles. The Labute approximate surface area is 147 Å². The number of ether oxygens (including phenoxy) is 2. The van der Waals surface area contributed by atoms with Crippen LogP contribution < -0.4 is 9.47 Å². The topological polar surface area (TPSA) is 75.5 Å². The van der Waals surface area contributed by atoms with Crippen LogP contribution in [0.5, 0.6) is 11.5 Å². The molecule has 0 saturated carbocycles. The van der Waals surface area contributed by atoms with Crippen molar-refractivity contribution >= 4 is 20.8 Å². The second kappa shape index (κ2) is 7.13. The fraction of sp³-hybridized carbons (Fsp3) is 0.471. The minimum atomic E-state index is -2.62. The van der Waals surface area contributed by atoms with Gasteiger partial charge in [0.15, 0.2) is 11.6 Å². The number of rotatable bonds is 6.